The maximum atomic E-state index is 4.52. The molecule has 3 aromatic rings. The van der Waals surface area contributed by atoms with Crippen LogP contribution >= 0.6 is 0 Å². The van der Waals surface area contributed by atoms with Crippen molar-refractivity contribution in [3.8, 4) is 11.1 Å². The lowest BCUT2D eigenvalue weighted by molar-refractivity contribution is 0.343. The van der Waals surface area contributed by atoms with Crippen LogP contribution in [0.2, 0.25) is 0 Å². The van der Waals surface area contributed by atoms with Crippen molar-refractivity contribution in [1.29, 1.82) is 0 Å². The van der Waals surface area contributed by atoms with E-state index in [1.807, 2.05) is 12.4 Å². The number of aromatic amines is 1. The van der Waals surface area contributed by atoms with Crippen LogP contribution in [0.4, 0.5) is 0 Å². The summed E-state index contributed by atoms with van der Waals surface area (Å²) in [4.78, 5) is 4.40. The van der Waals surface area contributed by atoms with Gasteiger partial charge in [-0.05, 0) is 32.0 Å². The van der Waals surface area contributed by atoms with E-state index in [2.05, 4.69) is 42.5 Å². The Kier molecular flexibility index (Phi) is 2.74. The van der Waals surface area contributed by atoms with Gasteiger partial charge in [-0.3, -0.25) is 14.8 Å². The fourth-order valence-electron chi connectivity index (χ4n) is 2.75. The summed E-state index contributed by atoms with van der Waals surface area (Å²) in [5.41, 5.74) is 4.02. The number of hydrogen-bond acceptors (Lipinski definition) is 4. The van der Waals surface area contributed by atoms with Crippen molar-refractivity contribution in [2.75, 3.05) is 13.1 Å². The molecule has 3 aromatic heterocycles. The van der Waals surface area contributed by atoms with E-state index in [-0.39, 0.29) is 0 Å². The molecule has 0 unspecified atom stereocenters. The lowest BCUT2D eigenvalue weighted by Crippen LogP contribution is -2.29. The van der Waals surface area contributed by atoms with Crippen LogP contribution in [0.25, 0.3) is 22.2 Å². The Morgan fingerprint density at radius 2 is 2.00 bits per heavy atom. The molecule has 0 radical (unpaired) electrons. The molecule has 0 aliphatic carbocycles. The van der Waals surface area contributed by atoms with Crippen molar-refractivity contribution in [2.45, 2.75) is 18.9 Å². The summed E-state index contributed by atoms with van der Waals surface area (Å²) in [6.45, 7) is 2.14. The van der Waals surface area contributed by atoms with E-state index in [4.69, 9.17) is 0 Å². The first-order valence-electron chi connectivity index (χ1n) is 6.94. The Morgan fingerprint density at radius 1 is 1.10 bits per heavy atom. The largest absolute Gasteiger partial charge is 0.317 e. The molecule has 4 heterocycles. The zero-order valence-electron chi connectivity index (χ0n) is 11.1. The Balaban J connectivity index is 1.66. The van der Waals surface area contributed by atoms with Crippen molar-refractivity contribution < 1.29 is 0 Å². The third kappa shape index (κ3) is 1.98. The molecular weight excluding hydrogens is 252 g/mol. The molecule has 1 saturated heterocycles. The SMILES string of the molecule is c1nc2cn[nH]c2cc1-c1cnn(C2CCNCC2)c1. The molecule has 102 valence electrons. The zero-order valence-corrected chi connectivity index (χ0v) is 11.1. The average molecular weight is 268 g/mol. The maximum absolute atomic E-state index is 4.52. The molecule has 0 aromatic carbocycles. The van der Waals surface area contributed by atoms with E-state index in [0.29, 0.717) is 6.04 Å². The predicted octanol–water partition coefficient (Wildman–Crippen LogP) is 1.75. The Labute approximate surface area is 116 Å². The minimum Gasteiger partial charge on any atom is -0.317 e. The van der Waals surface area contributed by atoms with Crippen LogP contribution in [0.15, 0.2) is 30.9 Å². The number of fused-ring (bicyclic) bond motifs is 1. The van der Waals surface area contributed by atoms with E-state index >= 15 is 0 Å². The smallest absolute Gasteiger partial charge is 0.108 e. The summed E-state index contributed by atoms with van der Waals surface area (Å²) >= 11 is 0. The van der Waals surface area contributed by atoms with Crippen molar-refractivity contribution >= 4 is 11.0 Å². The summed E-state index contributed by atoms with van der Waals surface area (Å²) in [5.74, 6) is 0. The van der Waals surface area contributed by atoms with Crippen LogP contribution in [0, 0.1) is 0 Å². The van der Waals surface area contributed by atoms with Crippen molar-refractivity contribution in [2.24, 2.45) is 0 Å². The van der Waals surface area contributed by atoms with Gasteiger partial charge in [0.15, 0.2) is 0 Å². The van der Waals surface area contributed by atoms with Crippen molar-refractivity contribution in [3.05, 3.63) is 30.9 Å². The second-order valence-electron chi connectivity index (χ2n) is 5.22. The highest BCUT2D eigenvalue weighted by Crippen LogP contribution is 2.24. The second-order valence-corrected chi connectivity index (χ2v) is 5.22. The van der Waals surface area contributed by atoms with Gasteiger partial charge < -0.3 is 5.32 Å². The van der Waals surface area contributed by atoms with E-state index in [0.717, 1.165) is 48.1 Å². The topological polar surface area (TPSA) is 71.4 Å². The molecule has 0 spiro atoms. The van der Waals surface area contributed by atoms with E-state index in [1.165, 1.54) is 0 Å². The van der Waals surface area contributed by atoms with Crippen LogP contribution in [-0.4, -0.2) is 38.1 Å². The monoisotopic (exact) mass is 268 g/mol. The fraction of sp³-hybridized carbons (Fsp3) is 0.357. The number of hydrogen-bond donors (Lipinski definition) is 2. The number of nitrogens with one attached hydrogen (secondary N) is 2. The quantitative estimate of drug-likeness (QED) is 0.742. The van der Waals surface area contributed by atoms with Crippen molar-refractivity contribution in [3.63, 3.8) is 0 Å². The van der Waals surface area contributed by atoms with Gasteiger partial charge in [0.25, 0.3) is 0 Å². The highest BCUT2D eigenvalue weighted by atomic mass is 15.3. The minimum atomic E-state index is 0.508. The highest BCUT2D eigenvalue weighted by Gasteiger charge is 2.16. The van der Waals surface area contributed by atoms with E-state index in [9.17, 15) is 0 Å². The van der Waals surface area contributed by atoms with Crippen LogP contribution in [0.5, 0.6) is 0 Å². The summed E-state index contributed by atoms with van der Waals surface area (Å²) in [6.07, 6.45) is 9.92. The molecule has 2 N–H and O–H groups in total. The number of aromatic nitrogens is 5. The van der Waals surface area contributed by atoms with Gasteiger partial charge in [0.05, 0.1) is 24.0 Å². The number of pyridine rings is 1. The molecule has 0 amide bonds. The fourth-order valence-corrected chi connectivity index (χ4v) is 2.75. The van der Waals surface area contributed by atoms with Crippen LogP contribution in [0.1, 0.15) is 18.9 Å². The van der Waals surface area contributed by atoms with E-state index in [1.54, 1.807) is 6.20 Å². The van der Waals surface area contributed by atoms with Crippen LogP contribution < -0.4 is 5.32 Å². The lowest BCUT2D eigenvalue weighted by Gasteiger charge is -2.22. The van der Waals surface area contributed by atoms with Gasteiger partial charge >= 0.3 is 0 Å². The molecule has 6 heteroatoms. The molecule has 20 heavy (non-hydrogen) atoms. The molecular formula is C14H16N6. The summed E-state index contributed by atoms with van der Waals surface area (Å²) < 4.78 is 2.09. The molecule has 1 fully saturated rings. The first-order valence-corrected chi connectivity index (χ1v) is 6.94. The number of H-pyrrole nitrogens is 1. The zero-order chi connectivity index (χ0) is 13.4. The molecule has 0 atom stereocenters. The first-order chi connectivity index (χ1) is 9.90. The number of nitrogens with zero attached hydrogens (tertiary/aromatic N) is 4. The minimum absolute atomic E-state index is 0.508. The van der Waals surface area contributed by atoms with Crippen LogP contribution in [0.3, 0.4) is 0 Å². The maximum Gasteiger partial charge on any atom is 0.108 e. The molecule has 1 aliphatic rings. The summed E-state index contributed by atoms with van der Waals surface area (Å²) in [5, 5.41) is 14.8. The number of rotatable bonds is 2. The normalized spacial score (nSPS) is 16.8. The van der Waals surface area contributed by atoms with Gasteiger partial charge in [-0.15, -0.1) is 0 Å². The second kappa shape index (κ2) is 4.72. The molecule has 0 saturated carbocycles. The molecule has 1 aliphatic heterocycles. The highest BCUT2D eigenvalue weighted by molar-refractivity contribution is 5.79. The Bertz CT molecular complexity index is 722. The molecule has 0 bridgehead atoms. The molecule has 4 rings (SSSR count). The molecule has 6 nitrogen and oxygen atoms in total. The van der Waals surface area contributed by atoms with Crippen molar-refractivity contribution in [1.82, 2.24) is 30.3 Å². The summed E-state index contributed by atoms with van der Waals surface area (Å²) in [7, 11) is 0. The van der Waals surface area contributed by atoms with Gasteiger partial charge in [0.2, 0.25) is 0 Å². The van der Waals surface area contributed by atoms with Crippen LogP contribution in [-0.2, 0) is 0 Å². The first kappa shape index (κ1) is 11.6. The van der Waals surface area contributed by atoms with Gasteiger partial charge in [0, 0.05) is 23.5 Å². The van der Waals surface area contributed by atoms with Gasteiger partial charge in [-0.25, -0.2) is 0 Å². The standard InChI is InChI=1S/C14H16N6/c1-3-15-4-2-12(1)20-9-11(7-18-20)10-5-13-14(16-6-10)8-17-19-13/h5-9,12,15H,1-4H2,(H,17,19). The third-order valence-corrected chi connectivity index (χ3v) is 3.91. The Morgan fingerprint density at radius 3 is 2.90 bits per heavy atom. The van der Waals surface area contributed by atoms with Gasteiger partial charge in [0.1, 0.15) is 5.52 Å². The van der Waals surface area contributed by atoms with Gasteiger partial charge in [-0.1, -0.05) is 0 Å². The predicted molar refractivity (Wildman–Crippen MR) is 76.3 cm³/mol. The van der Waals surface area contributed by atoms with Gasteiger partial charge in [-0.2, -0.15) is 10.2 Å². The lowest BCUT2D eigenvalue weighted by atomic mass is 10.1. The Hall–Kier alpha value is -2.21. The summed E-state index contributed by atoms with van der Waals surface area (Å²) in [6, 6.07) is 2.58. The number of piperidine rings is 1. The van der Waals surface area contributed by atoms with E-state index < -0.39 is 0 Å². The average Bonchev–Trinajstić information content (AvgIpc) is 3.16. The third-order valence-electron chi connectivity index (χ3n) is 3.91.